The number of hydrogen-bond acceptors (Lipinski definition) is 5. The van der Waals surface area contributed by atoms with Crippen molar-refractivity contribution in [2.24, 2.45) is 5.92 Å². The lowest BCUT2D eigenvalue weighted by molar-refractivity contribution is -0.125. The Bertz CT molecular complexity index is 740. The van der Waals surface area contributed by atoms with Crippen LogP contribution in [0.1, 0.15) is 37.6 Å². The van der Waals surface area contributed by atoms with Crippen LogP contribution < -0.4 is 5.32 Å². The number of hydrogen-bond donors (Lipinski definition) is 1. The zero-order valence-corrected chi connectivity index (χ0v) is 16.5. The molecule has 3 rings (SSSR count). The number of carbonyl (C=O) groups is 1. The molecule has 1 fully saturated rings. The summed E-state index contributed by atoms with van der Waals surface area (Å²) < 4.78 is 27.0. The van der Waals surface area contributed by atoms with Gasteiger partial charge in [0.15, 0.2) is 0 Å². The van der Waals surface area contributed by atoms with Crippen LogP contribution in [0.15, 0.2) is 6.07 Å². The molecule has 1 aromatic heterocycles. The summed E-state index contributed by atoms with van der Waals surface area (Å²) in [5.74, 6) is -0.00729. The van der Waals surface area contributed by atoms with Gasteiger partial charge in [-0.2, -0.15) is 9.40 Å². The molecule has 0 aromatic carbocycles. The van der Waals surface area contributed by atoms with Gasteiger partial charge < -0.3 is 10.2 Å². The highest BCUT2D eigenvalue weighted by Gasteiger charge is 2.23. The smallest absolute Gasteiger partial charge is 0.224 e. The molecule has 2 aliphatic heterocycles. The number of rotatable bonds is 6. The number of sulfonamides is 1. The van der Waals surface area contributed by atoms with Gasteiger partial charge in [0.1, 0.15) is 0 Å². The van der Waals surface area contributed by atoms with E-state index in [4.69, 9.17) is 0 Å². The maximum Gasteiger partial charge on any atom is 0.224 e. The number of nitrogens with one attached hydrogen (secondary N) is 1. The molecule has 0 spiro atoms. The van der Waals surface area contributed by atoms with Gasteiger partial charge in [0.2, 0.25) is 15.9 Å². The number of likely N-dealkylation sites (tertiary alicyclic amines) is 1. The predicted octanol–water partition coefficient (Wildman–Crippen LogP) is 0.397. The average Bonchev–Trinajstić information content (AvgIpc) is 3.16. The average molecular weight is 384 g/mol. The van der Waals surface area contributed by atoms with Crippen molar-refractivity contribution in [2.75, 3.05) is 32.4 Å². The van der Waals surface area contributed by atoms with Crippen LogP contribution in [0, 0.1) is 5.92 Å². The molecule has 3 heterocycles. The highest BCUT2D eigenvalue weighted by Crippen LogP contribution is 2.16. The third kappa shape index (κ3) is 4.83. The molecule has 26 heavy (non-hydrogen) atoms. The van der Waals surface area contributed by atoms with E-state index in [9.17, 15) is 13.2 Å². The summed E-state index contributed by atoms with van der Waals surface area (Å²) in [5.41, 5.74) is 1.65. The molecule has 1 saturated heterocycles. The first-order valence-corrected chi connectivity index (χ1v) is 11.2. The minimum Gasteiger partial charge on any atom is -0.350 e. The Hall–Kier alpha value is -1.45. The number of carbonyl (C=O) groups excluding carboxylic acids is 1. The van der Waals surface area contributed by atoms with E-state index in [0.717, 1.165) is 37.4 Å². The van der Waals surface area contributed by atoms with Crippen molar-refractivity contribution in [3.05, 3.63) is 17.5 Å². The van der Waals surface area contributed by atoms with E-state index < -0.39 is 10.0 Å². The Morgan fingerprint density at radius 1 is 1.23 bits per heavy atom. The molecular formula is C17H29N5O3S. The fourth-order valence-electron chi connectivity index (χ4n) is 3.65. The molecule has 0 aliphatic carbocycles. The summed E-state index contributed by atoms with van der Waals surface area (Å²) in [5, 5.41) is 7.50. The monoisotopic (exact) mass is 383 g/mol. The lowest BCUT2D eigenvalue weighted by Crippen LogP contribution is -2.36. The Balaban J connectivity index is 1.55. The van der Waals surface area contributed by atoms with Crippen LogP contribution in [0.5, 0.6) is 0 Å². The normalized spacial score (nSPS) is 20.5. The van der Waals surface area contributed by atoms with Gasteiger partial charge in [0, 0.05) is 25.6 Å². The Labute approximate surface area is 155 Å². The summed E-state index contributed by atoms with van der Waals surface area (Å²) in [7, 11) is -3.21. The van der Waals surface area contributed by atoms with E-state index in [1.54, 1.807) is 0 Å². The van der Waals surface area contributed by atoms with Crippen molar-refractivity contribution < 1.29 is 13.2 Å². The number of fused-ring (bicyclic) bond motifs is 1. The van der Waals surface area contributed by atoms with Gasteiger partial charge in [-0.1, -0.05) is 6.92 Å². The van der Waals surface area contributed by atoms with Crippen molar-refractivity contribution >= 4 is 15.9 Å². The van der Waals surface area contributed by atoms with Gasteiger partial charge in [-0.3, -0.25) is 9.48 Å². The number of nitrogens with zero attached hydrogens (tertiary/aromatic N) is 4. The fraction of sp³-hybridized carbons (Fsp3) is 0.765. The van der Waals surface area contributed by atoms with Crippen LogP contribution in [0.2, 0.25) is 0 Å². The second kappa shape index (κ2) is 8.06. The molecule has 9 heteroatoms. The molecular weight excluding hydrogens is 354 g/mol. The van der Waals surface area contributed by atoms with Gasteiger partial charge in [-0.15, -0.1) is 0 Å². The zero-order chi connectivity index (χ0) is 18.7. The molecule has 1 N–H and O–H groups in total. The van der Waals surface area contributed by atoms with E-state index in [0.29, 0.717) is 26.2 Å². The van der Waals surface area contributed by atoms with Crippen LogP contribution in [-0.2, 0) is 34.5 Å². The van der Waals surface area contributed by atoms with Gasteiger partial charge in [0.25, 0.3) is 0 Å². The van der Waals surface area contributed by atoms with Gasteiger partial charge in [-0.25, -0.2) is 8.42 Å². The first kappa shape index (κ1) is 19.3. The fourth-order valence-corrected chi connectivity index (χ4v) is 4.48. The molecule has 0 saturated carbocycles. The molecule has 1 aromatic rings. The third-order valence-electron chi connectivity index (χ3n) is 5.12. The summed E-state index contributed by atoms with van der Waals surface area (Å²) >= 11 is 0. The minimum absolute atomic E-state index is 0.0397. The van der Waals surface area contributed by atoms with Crippen molar-refractivity contribution in [1.29, 1.82) is 0 Å². The first-order valence-electron chi connectivity index (χ1n) is 9.34. The van der Waals surface area contributed by atoms with E-state index in [-0.39, 0.29) is 11.8 Å². The largest absolute Gasteiger partial charge is 0.350 e. The molecule has 146 valence electrons. The minimum atomic E-state index is -3.21. The Kier molecular flexibility index (Phi) is 5.99. The standard InChI is InChI=1S/C17H29N5O3S/c1-14(12-20-6-3-4-7-20)17(23)18-11-15-10-16-13-21(26(2,24)25)8-5-9-22(16)19-15/h10,14H,3-9,11-13H2,1-2H3,(H,18,23). The van der Waals surface area contributed by atoms with E-state index >= 15 is 0 Å². The maximum atomic E-state index is 12.3. The second-order valence-corrected chi connectivity index (χ2v) is 9.41. The summed E-state index contributed by atoms with van der Waals surface area (Å²) in [6, 6.07) is 1.90. The first-order chi connectivity index (χ1) is 12.3. The van der Waals surface area contributed by atoms with Gasteiger partial charge in [-0.05, 0) is 38.4 Å². The topological polar surface area (TPSA) is 87.5 Å². The van der Waals surface area contributed by atoms with Gasteiger partial charge >= 0.3 is 0 Å². The lowest BCUT2D eigenvalue weighted by atomic mass is 10.1. The maximum absolute atomic E-state index is 12.3. The lowest BCUT2D eigenvalue weighted by Gasteiger charge is -2.19. The molecule has 8 nitrogen and oxygen atoms in total. The molecule has 1 unspecified atom stereocenters. The van der Waals surface area contributed by atoms with Crippen molar-refractivity contribution in [1.82, 2.24) is 24.3 Å². The number of aryl methyl sites for hydroxylation is 1. The molecule has 1 amide bonds. The molecule has 1 atom stereocenters. The highest BCUT2D eigenvalue weighted by atomic mass is 32.2. The van der Waals surface area contributed by atoms with Crippen molar-refractivity contribution in [3.63, 3.8) is 0 Å². The number of amides is 1. The van der Waals surface area contributed by atoms with E-state index in [1.165, 1.54) is 23.4 Å². The van der Waals surface area contributed by atoms with Gasteiger partial charge in [0.05, 0.1) is 30.7 Å². The molecule has 0 radical (unpaired) electrons. The van der Waals surface area contributed by atoms with Crippen LogP contribution >= 0.6 is 0 Å². The number of aromatic nitrogens is 2. The predicted molar refractivity (Wildman–Crippen MR) is 98.8 cm³/mol. The molecule has 0 bridgehead atoms. The van der Waals surface area contributed by atoms with E-state index in [1.807, 2.05) is 17.7 Å². The summed E-state index contributed by atoms with van der Waals surface area (Å²) in [6.45, 7) is 6.86. The molecule has 2 aliphatic rings. The third-order valence-corrected chi connectivity index (χ3v) is 6.37. The van der Waals surface area contributed by atoms with E-state index in [2.05, 4.69) is 15.3 Å². The summed E-state index contributed by atoms with van der Waals surface area (Å²) in [4.78, 5) is 14.7. The summed E-state index contributed by atoms with van der Waals surface area (Å²) in [6.07, 6.45) is 4.42. The second-order valence-electron chi connectivity index (χ2n) is 7.43. The van der Waals surface area contributed by atoms with Crippen LogP contribution in [0.4, 0.5) is 0 Å². The quantitative estimate of drug-likeness (QED) is 0.768. The highest BCUT2D eigenvalue weighted by molar-refractivity contribution is 7.88. The van der Waals surface area contributed by atoms with Crippen molar-refractivity contribution in [2.45, 2.75) is 45.8 Å². The SMILES string of the molecule is CC(CN1CCCC1)C(=O)NCc1cc2n(n1)CCCN(S(C)(=O)=O)C2. The Morgan fingerprint density at radius 3 is 2.65 bits per heavy atom. The van der Waals surface area contributed by atoms with Crippen LogP contribution in [0.25, 0.3) is 0 Å². The van der Waals surface area contributed by atoms with Crippen molar-refractivity contribution in [3.8, 4) is 0 Å². The zero-order valence-electron chi connectivity index (χ0n) is 15.6. The van der Waals surface area contributed by atoms with Crippen LogP contribution in [0.3, 0.4) is 0 Å². The Morgan fingerprint density at radius 2 is 1.96 bits per heavy atom. The van der Waals surface area contributed by atoms with Crippen LogP contribution in [-0.4, -0.2) is 65.7 Å².